The van der Waals surface area contributed by atoms with E-state index in [2.05, 4.69) is 52.5 Å². The number of hydrogen-bond donors (Lipinski definition) is 1. The maximum absolute atomic E-state index is 5.68. The van der Waals surface area contributed by atoms with Gasteiger partial charge in [0.25, 0.3) is 0 Å². The zero-order valence-electron chi connectivity index (χ0n) is 19.7. The monoisotopic (exact) mass is 431 g/mol. The van der Waals surface area contributed by atoms with Crippen molar-refractivity contribution in [3.8, 4) is 11.5 Å². The summed E-state index contributed by atoms with van der Waals surface area (Å²) in [5.41, 5.74) is 7.74. The lowest BCUT2D eigenvalue weighted by Gasteiger charge is -2.12. The van der Waals surface area contributed by atoms with E-state index in [1.54, 1.807) is 14.2 Å². The van der Waals surface area contributed by atoms with E-state index < -0.39 is 0 Å². The maximum Gasteiger partial charge on any atom is 0.122 e. The number of pyridine rings is 1. The van der Waals surface area contributed by atoms with Gasteiger partial charge in [-0.15, -0.1) is 0 Å². The molecule has 0 aliphatic rings. The Morgan fingerprint density at radius 1 is 0.906 bits per heavy atom. The topological polar surface area (TPSA) is 55.7 Å². The highest BCUT2D eigenvalue weighted by Gasteiger charge is 2.07. The molecule has 5 heteroatoms. The maximum atomic E-state index is 5.68. The van der Waals surface area contributed by atoms with Crippen LogP contribution in [0.15, 0.2) is 53.7 Å². The van der Waals surface area contributed by atoms with Crippen molar-refractivity contribution in [2.45, 2.75) is 39.5 Å². The van der Waals surface area contributed by atoms with Crippen LogP contribution in [0, 0.1) is 13.8 Å². The minimum absolute atomic E-state index is 0.858. The van der Waals surface area contributed by atoms with E-state index in [1.807, 2.05) is 38.5 Å². The van der Waals surface area contributed by atoms with Gasteiger partial charge < -0.3 is 14.8 Å². The summed E-state index contributed by atoms with van der Waals surface area (Å²) in [6.07, 6.45) is 7.46. The van der Waals surface area contributed by atoms with Crippen LogP contribution < -0.4 is 14.8 Å². The molecular formula is C27H33N3O2. The molecule has 0 amide bonds. The Bertz CT molecular complexity index is 1080. The Balaban J connectivity index is 1.59. The predicted molar refractivity (Wildman–Crippen MR) is 133 cm³/mol. The third-order valence-electron chi connectivity index (χ3n) is 5.64. The van der Waals surface area contributed by atoms with E-state index in [4.69, 9.17) is 9.47 Å². The zero-order chi connectivity index (χ0) is 22.9. The van der Waals surface area contributed by atoms with Crippen molar-refractivity contribution < 1.29 is 9.47 Å². The average molecular weight is 432 g/mol. The second-order valence-corrected chi connectivity index (χ2v) is 7.88. The first kappa shape index (κ1) is 23.3. The quantitative estimate of drug-likeness (QED) is 0.408. The Labute approximate surface area is 191 Å². The first-order chi connectivity index (χ1) is 15.5. The molecule has 168 valence electrons. The molecule has 0 atom stereocenters. The van der Waals surface area contributed by atoms with E-state index in [1.165, 1.54) is 16.7 Å². The zero-order valence-corrected chi connectivity index (χ0v) is 19.7. The summed E-state index contributed by atoms with van der Waals surface area (Å²) in [7, 11) is 5.33. The standard InChI is InChI=1S/C27H33N3O2/c1-19-15-22(10-13-26(19)31-4)9-12-23-11-8-21(16-27(23)32-5)7-6-14-29-25-17-24(28-3)18-30-20(25)2/h8,10-11,13-18,28H,6-7,9,12H2,1-5H3. The van der Waals surface area contributed by atoms with Crippen molar-refractivity contribution in [1.82, 2.24) is 4.98 Å². The van der Waals surface area contributed by atoms with E-state index in [-0.39, 0.29) is 0 Å². The van der Waals surface area contributed by atoms with Gasteiger partial charge in [0.05, 0.1) is 37.5 Å². The number of anilines is 1. The minimum atomic E-state index is 0.858. The van der Waals surface area contributed by atoms with Crippen LogP contribution in [0.1, 0.15) is 34.4 Å². The fourth-order valence-corrected chi connectivity index (χ4v) is 3.71. The van der Waals surface area contributed by atoms with Gasteiger partial charge in [-0.2, -0.15) is 0 Å². The smallest absolute Gasteiger partial charge is 0.122 e. The number of benzene rings is 2. The lowest BCUT2D eigenvalue weighted by atomic mass is 9.99. The van der Waals surface area contributed by atoms with E-state index >= 15 is 0 Å². The third-order valence-corrected chi connectivity index (χ3v) is 5.64. The molecular weight excluding hydrogens is 398 g/mol. The van der Waals surface area contributed by atoms with Crippen molar-refractivity contribution in [2.75, 3.05) is 26.6 Å². The van der Waals surface area contributed by atoms with Gasteiger partial charge in [-0.1, -0.05) is 24.3 Å². The number of nitrogens with zero attached hydrogens (tertiary/aromatic N) is 2. The Hall–Kier alpha value is -3.34. The number of ether oxygens (including phenoxy) is 2. The summed E-state index contributed by atoms with van der Waals surface area (Å²) >= 11 is 0. The lowest BCUT2D eigenvalue weighted by molar-refractivity contribution is 0.409. The lowest BCUT2D eigenvalue weighted by Crippen LogP contribution is -1.98. The van der Waals surface area contributed by atoms with Gasteiger partial charge in [0.2, 0.25) is 0 Å². The largest absolute Gasteiger partial charge is 0.496 e. The van der Waals surface area contributed by atoms with Gasteiger partial charge in [0, 0.05) is 13.3 Å². The van der Waals surface area contributed by atoms with Crippen molar-refractivity contribution in [3.05, 3.63) is 76.6 Å². The number of aliphatic imine (C=N–C) groups is 1. The molecule has 1 heterocycles. The molecule has 32 heavy (non-hydrogen) atoms. The molecule has 0 radical (unpaired) electrons. The molecule has 0 unspecified atom stereocenters. The van der Waals surface area contributed by atoms with E-state index in [0.717, 1.165) is 59.8 Å². The van der Waals surface area contributed by atoms with Crippen LogP contribution in [0.5, 0.6) is 11.5 Å². The van der Waals surface area contributed by atoms with Gasteiger partial charge in [-0.05, 0) is 80.0 Å². The molecule has 0 aliphatic carbocycles. The van der Waals surface area contributed by atoms with Gasteiger partial charge in [-0.3, -0.25) is 9.98 Å². The van der Waals surface area contributed by atoms with E-state index in [9.17, 15) is 0 Å². The Kier molecular flexibility index (Phi) is 8.26. The Morgan fingerprint density at radius 3 is 2.38 bits per heavy atom. The van der Waals surface area contributed by atoms with Gasteiger partial charge >= 0.3 is 0 Å². The van der Waals surface area contributed by atoms with Gasteiger partial charge in [0.1, 0.15) is 11.5 Å². The van der Waals surface area contributed by atoms with Crippen LogP contribution in [0.4, 0.5) is 11.4 Å². The predicted octanol–water partition coefficient (Wildman–Crippen LogP) is 5.88. The summed E-state index contributed by atoms with van der Waals surface area (Å²) in [6, 6.07) is 14.9. The second kappa shape index (κ2) is 11.3. The molecule has 0 saturated heterocycles. The SMILES string of the molecule is CNc1cnc(C)c(N=CCCc2ccc(CCc3ccc(OC)c(C)c3)c(OC)c2)c1. The Morgan fingerprint density at radius 2 is 1.66 bits per heavy atom. The number of nitrogens with one attached hydrogen (secondary N) is 1. The van der Waals surface area contributed by atoms with Crippen LogP contribution in [-0.4, -0.2) is 32.5 Å². The van der Waals surface area contributed by atoms with Crippen LogP contribution in [0.3, 0.4) is 0 Å². The highest BCUT2D eigenvalue weighted by atomic mass is 16.5. The van der Waals surface area contributed by atoms with Gasteiger partial charge in [0.15, 0.2) is 0 Å². The van der Waals surface area contributed by atoms with Crippen molar-refractivity contribution >= 4 is 17.6 Å². The molecule has 0 spiro atoms. The molecule has 1 N–H and O–H groups in total. The first-order valence-electron chi connectivity index (χ1n) is 11.0. The third kappa shape index (κ3) is 6.10. The van der Waals surface area contributed by atoms with Crippen molar-refractivity contribution in [1.29, 1.82) is 0 Å². The summed E-state index contributed by atoms with van der Waals surface area (Å²) < 4.78 is 11.0. The van der Waals surface area contributed by atoms with E-state index in [0.29, 0.717) is 0 Å². The number of hydrogen-bond acceptors (Lipinski definition) is 5. The molecule has 5 nitrogen and oxygen atoms in total. The highest BCUT2D eigenvalue weighted by molar-refractivity contribution is 5.66. The number of methoxy groups -OCH3 is 2. The van der Waals surface area contributed by atoms with Crippen LogP contribution >= 0.6 is 0 Å². The minimum Gasteiger partial charge on any atom is -0.496 e. The van der Waals surface area contributed by atoms with Crippen molar-refractivity contribution in [2.24, 2.45) is 4.99 Å². The summed E-state index contributed by atoms with van der Waals surface area (Å²) in [5.74, 6) is 1.88. The molecule has 0 saturated carbocycles. The summed E-state index contributed by atoms with van der Waals surface area (Å²) in [6.45, 7) is 4.05. The first-order valence-corrected chi connectivity index (χ1v) is 11.0. The second-order valence-electron chi connectivity index (χ2n) is 7.88. The molecule has 3 aromatic rings. The van der Waals surface area contributed by atoms with Crippen LogP contribution in [0.25, 0.3) is 0 Å². The molecule has 3 rings (SSSR count). The molecule has 0 aliphatic heterocycles. The van der Waals surface area contributed by atoms with Crippen molar-refractivity contribution in [3.63, 3.8) is 0 Å². The fourth-order valence-electron chi connectivity index (χ4n) is 3.71. The normalized spacial score (nSPS) is 11.0. The number of rotatable bonds is 10. The number of aryl methyl sites for hydroxylation is 5. The summed E-state index contributed by atoms with van der Waals surface area (Å²) in [5, 5.41) is 3.10. The average Bonchev–Trinajstić information content (AvgIpc) is 2.81. The van der Waals surface area contributed by atoms with Crippen LogP contribution in [0.2, 0.25) is 0 Å². The summed E-state index contributed by atoms with van der Waals surface area (Å²) in [4.78, 5) is 8.98. The molecule has 2 aromatic carbocycles. The molecule has 0 fully saturated rings. The van der Waals surface area contributed by atoms with Gasteiger partial charge in [-0.25, -0.2) is 0 Å². The molecule has 0 bridgehead atoms. The number of aromatic nitrogens is 1. The van der Waals surface area contributed by atoms with Crippen LogP contribution in [-0.2, 0) is 19.3 Å². The molecule has 1 aromatic heterocycles. The highest BCUT2D eigenvalue weighted by Crippen LogP contribution is 2.25. The fraction of sp³-hybridized carbons (Fsp3) is 0.333.